The quantitative estimate of drug-likeness (QED) is 0.473. The van der Waals surface area contributed by atoms with Gasteiger partial charge in [-0.1, -0.05) is 18.8 Å². The first-order valence-electron chi connectivity index (χ1n) is 2.61. The molecule has 0 heterocycles. The Labute approximate surface area is 55.7 Å². The number of nitrogens with zero attached hydrogens (tertiary/aromatic N) is 1. The van der Waals surface area contributed by atoms with Gasteiger partial charge in [-0.25, -0.2) is 0 Å². The van der Waals surface area contributed by atoms with Crippen LogP contribution in [0.2, 0.25) is 0 Å². The molecule has 0 aromatic heterocycles. The summed E-state index contributed by atoms with van der Waals surface area (Å²) in [5.41, 5.74) is -0.972. The molecule has 0 bridgehead atoms. The van der Waals surface area contributed by atoms with Crippen molar-refractivity contribution in [2.75, 3.05) is 0 Å². The van der Waals surface area contributed by atoms with Crippen molar-refractivity contribution in [3.8, 4) is 30.8 Å². The number of hydrogen-bond donors (Lipinski definition) is 0. The third-order valence-corrected chi connectivity index (χ3v) is 1.21. The molecule has 0 aliphatic heterocycles. The van der Waals surface area contributed by atoms with Gasteiger partial charge in [0.05, 0.1) is 6.07 Å². The van der Waals surface area contributed by atoms with Crippen molar-refractivity contribution in [3.63, 3.8) is 0 Å². The number of hydrogen-bond acceptors (Lipinski definition) is 1. The zero-order valence-corrected chi connectivity index (χ0v) is 5.31. The molecule has 0 atom stereocenters. The highest BCUT2D eigenvalue weighted by atomic mass is 14.3. The fourth-order valence-electron chi connectivity index (χ4n) is 0.389. The van der Waals surface area contributed by atoms with Crippen LogP contribution in [0.5, 0.6) is 0 Å². The van der Waals surface area contributed by atoms with Gasteiger partial charge < -0.3 is 0 Å². The first-order chi connectivity index (χ1) is 4.24. The van der Waals surface area contributed by atoms with E-state index in [1.165, 1.54) is 0 Å². The first-order valence-corrected chi connectivity index (χ1v) is 2.61. The average molecular weight is 117 g/mol. The molecule has 44 valence electrons. The van der Waals surface area contributed by atoms with E-state index in [4.69, 9.17) is 18.1 Å². The molecule has 0 N–H and O–H groups in total. The predicted molar refractivity (Wildman–Crippen MR) is 36.0 cm³/mol. The molecule has 0 unspecified atom stereocenters. The van der Waals surface area contributed by atoms with Crippen LogP contribution >= 0.6 is 0 Å². The Morgan fingerprint density at radius 2 is 1.89 bits per heavy atom. The van der Waals surface area contributed by atoms with Gasteiger partial charge in [-0.05, 0) is 6.42 Å². The molecule has 1 heteroatoms. The summed E-state index contributed by atoms with van der Waals surface area (Å²) in [4.78, 5) is 0. The molecule has 0 saturated heterocycles. The van der Waals surface area contributed by atoms with Crippen molar-refractivity contribution >= 4 is 0 Å². The Morgan fingerprint density at radius 3 is 1.89 bits per heavy atom. The Morgan fingerprint density at radius 1 is 1.44 bits per heavy atom. The molecular weight excluding hydrogens is 110 g/mol. The molecule has 0 radical (unpaired) electrons. The van der Waals surface area contributed by atoms with Gasteiger partial charge in [-0.3, -0.25) is 0 Å². The van der Waals surface area contributed by atoms with Crippen molar-refractivity contribution in [2.24, 2.45) is 5.41 Å². The minimum Gasteiger partial charge on any atom is -0.196 e. The third kappa shape index (κ3) is 1.25. The fraction of sp³-hybridized carbons (Fsp3) is 0.375. The van der Waals surface area contributed by atoms with Crippen LogP contribution in [0.1, 0.15) is 13.3 Å². The highest BCUT2D eigenvalue weighted by Gasteiger charge is 2.20. The predicted octanol–water partition coefficient (Wildman–Crippen LogP) is 1.17. The van der Waals surface area contributed by atoms with Crippen molar-refractivity contribution in [1.82, 2.24) is 0 Å². The molecule has 0 spiro atoms. The third-order valence-electron chi connectivity index (χ3n) is 1.21. The summed E-state index contributed by atoms with van der Waals surface area (Å²) in [5, 5.41) is 8.44. The van der Waals surface area contributed by atoms with Gasteiger partial charge in [0.2, 0.25) is 0 Å². The Balaban J connectivity index is 4.54. The second-order valence-corrected chi connectivity index (χ2v) is 1.66. The number of nitriles is 1. The maximum Gasteiger partial charge on any atom is 0.176 e. The highest BCUT2D eigenvalue weighted by Crippen LogP contribution is 2.16. The highest BCUT2D eigenvalue weighted by molar-refractivity contribution is 5.30. The van der Waals surface area contributed by atoms with Gasteiger partial charge in [0, 0.05) is 0 Å². The van der Waals surface area contributed by atoms with E-state index in [2.05, 4.69) is 11.8 Å². The van der Waals surface area contributed by atoms with E-state index in [0.717, 1.165) is 0 Å². The second-order valence-electron chi connectivity index (χ2n) is 1.66. The van der Waals surface area contributed by atoms with E-state index in [1.54, 1.807) is 6.92 Å². The normalized spacial score (nSPS) is 8.67. The Kier molecular flexibility index (Phi) is 2.37. The minimum atomic E-state index is -0.972. The van der Waals surface area contributed by atoms with Crippen LogP contribution in [0.15, 0.2) is 0 Å². The van der Waals surface area contributed by atoms with Crippen molar-refractivity contribution in [3.05, 3.63) is 0 Å². The molecule has 0 aromatic carbocycles. The van der Waals surface area contributed by atoms with Gasteiger partial charge >= 0.3 is 0 Å². The fourth-order valence-corrected chi connectivity index (χ4v) is 0.389. The largest absolute Gasteiger partial charge is 0.196 e. The van der Waals surface area contributed by atoms with Crippen LogP contribution in [0.4, 0.5) is 0 Å². The van der Waals surface area contributed by atoms with Crippen molar-refractivity contribution in [2.45, 2.75) is 13.3 Å². The number of rotatable bonds is 1. The zero-order valence-electron chi connectivity index (χ0n) is 5.31. The van der Waals surface area contributed by atoms with Crippen LogP contribution in [0.25, 0.3) is 0 Å². The minimum absolute atomic E-state index is 0.510. The van der Waals surface area contributed by atoms with E-state index in [9.17, 15) is 0 Å². The summed E-state index contributed by atoms with van der Waals surface area (Å²) >= 11 is 0. The lowest BCUT2D eigenvalue weighted by Gasteiger charge is -2.07. The van der Waals surface area contributed by atoms with Crippen LogP contribution in [-0.4, -0.2) is 0 Å². The molecule has 1 nitrogen and oxygen atoms in total. The van der Waals surface area contributed by atoms with Crippen molar-refractivity contribution < 1.29 is 0 Å². The SMILES string of the molecule is C#CC(C#C)(C#N)CC. The molecular formula is C8H7N. The Hall–Kier alpha value is -1.39. The molecule has 0 fully saturated rings. The van der Waals surface area contributed by atoms with Gasteiger partial charge in [-0.2, -0.15) is 5.26 Å². The molecule has 0 saturated carbocycles. The monoisotopic (exact) mass is 117 g/mol. The molecule has 0 aliphatic carbocycles. The van der Waals surface area contributed by atoms with E-state index in [1.807, 2.05) is 6.07 Å². The maximum absolute atomic E-state index is 8.44. The van der Waals surface area contributed by atoms with Crippen LogP contribution in [-0.2, 0) is 0 Å². The summed E-state index contributed by atoms with van der Waals surface area (Å²) < 4.78 is 0. The topological polar surface area (TPSA) is 23.8 Å². The summed E-state index contributed by atoms with van der Waals surface area (Å²) in [6, 6.07) is 1.89. The van der Waals surface area contributed by atoms with Gasteiger partial charge in [0.1, 0.15) is 0 Å². The zero-order chi connectivity index (χ0) is 7.33. The van der Waals surface area contributed by atoms with E-state index < -0.39 is 5.41 Å². The van der Waals surface area contributed by atoms with Crippen LogP contribution in [0.3, 0.4) is 0 Å². The van der Waals surface area contributed by atoms with Crippen molar-refractivity contribution in [1.29, 1.82) is 5.26 Å². The first kappa shape index (κ1) is 7.61. The molecule has 0 aromatic rings. The van der Waals surface area contributed by atoms with Crippen LogP contribution < -0.4 is 0 Å². The summed E-state index contributed by atoms with van der Waals surface area (Å²) in [7, 11) is 0. The average Bonchev–Trinajstić information content (AvgIpc) is 1.95. The van der Waals surface area contributed by atoms with E-state index in [0.29, 0.717) is 6.42 Å². The summed E-state index contributed by atoms with van der Waals surface area (Å²) in [6.07, 6.45) is 10.6. The lowest BCUT2D eigenvalue weighted by Crippen LogP contribution is -2.10. The lowest BCUT2D eigenvalue weighted by atomic mass is 9.89. The molecule has 0 rings (SSSR count). The smallest absolute Gasteiger partial charge is 0.176 e. The lowest BCUT2D eigenvalue weighted by molar-refractivity contribution is 0.671. The van der Waals surface area contributed by atoms with E-state index in [-0.39, 0.29) is 0 Å². The second kappa shape index (κ2) is 2.81. The molecule has 0 aliphatic rings. The maximum atomic E-state index is 8.44. The Bertz CT molecular complexity index is 170. The standard InChI is InChI=1S/C8H7N/c1-4-8(5-2,6-3)7-9/h1-2H,6H2,3H3. The van der Waals surface area contributed by atoms with Gasteiger partial charge in [-0.15, -0.1) is 12.8 Å². The summed E-state index contributed by atoms with van der Waals surface area (Å²) in [6.45, 7) is 1.79. The number of terminal acetylenes is 2. The van der Waals surface area contributed by atoms with Gasteiger partial charge in [0.15, 0.2) is 5.41 Å². The van der Waals surface area contributed by atoms with Crippen LogP contribution in [0, 0.1) is 41.4 Å². The summed E-state index contributed by atoms with van der Waals surface area (Å²) in [5.74, 6) is 4.53. The molecule has 9 heavy (non-hydrogen) atoms. The van der Waals surface area contributed by atoms with E-state index >= 15 is 0 Å². The molecule has 0 amide bonds. The van der Waals surface area contributed by atoms with Gasteiger partial charge in [0.25, 0.3) is 0 Å².